The molecule has 1 aliphatic heterocycles. The third-order valence-electron chi connectivity index (χ3n) is 3.59. The highest BCUT2D eigenvalue weighted by Crippen LogP contribution is 2.34. The molecule has 0 bridgehead atoms. The van der Waals surface area contributed by atoms with Gasteiger partial charge in [-0.2, -0.15) is 11.8 Å². The summed E-state index contributed by atoms with van der Waals surface area (Å²) < 4.78 is 14.4. The molecular weight excluding hydrogens is 271 g/mol. The molecule has 20 heavy (non-hydrogen) atoms. The number of nitrogens with one attached hydrogen (secondary N) is 1. The van der Waals surface area contributed by atoms with Crippen molar-refractivity contribution in [3.05, 3.63) is 29.6 Å². The number of hydrogen-bond acceptors (Lipinski definition) is 3. The Labute approximate surface area is 126 Å². The van der Waals surface area contributed by atoms with Crippen LogP contribution in [-0.2, 0) is 6.54 Å². The maximum Gasteiger partial charge on any atom is 0.129 e. The number of thioether (sulfide) groups is 1. The van der Waals surface area contributed by atoms with Gasteiger partial charge < -0.3 is 10.2 Å². The summed E-state index contributed by atoms with van der Waals surface area (Å²) in [4.78, 5) is 2.34. The zero-order valence-corrected chi connectivity index (χ0v) is 13.5. The number of hydrogen-bond donors (Lipinski definition) is 1. The van der Waals surface area contributed by atoms with E-state index < -0.39 is 0 Å². The topological polar surface area (TPSA) is 15.3 Å². The van der Waals surface area contributed by atoms with Crippen molar-refractivity contribution in [2.75, 3.05) is 30.3 Å². The lowest BCUT2D eigenvalue weighted by molar-refractivity contribution is 0.580. The monoisotopic (exact) mass is 296 g/mol. The summed E-state index contributed by atoms with van der Waals surface area (Å²) >= 11 is 2.00. The lowest BCUT2D eigenvalue weighted by Crippen LogP contribution is -2.43. The molecule has 1 fully saturated rings. The van der Waals surface area contributed by atoms with Gasteiger partial charge >= 0.3 is 0 Å². The van der Waals surface area contributed by atoms with Crippen LogP contribution in [-0.4, -0.2) is 30.1 Å². The first-order valence-electron chi connectivity index (χ1n) is 7.40. The molecule has 2 rings (SSSR count). The quantitative estimate of drug-likeness (QED) is 0.835. The molecule has 0 aliphatic carbocycles. The fourth-order valence-corrected chi connectivity index (χ4v) is 3.74. The van der Waals surface area contributed by atoms with Crippen molar-refractivity contribution in [1.29, 1.82) is 0 Å². The molecular formula is C16H25FN2S. The Kier molecular flexibility index (Phi) is 5.33. The molecule has 2 nitrogen and oxygen atoms in total. The van der Waals surface area contributed by atoms with E-state index in [1.807, 2.05) is 17.8 Å². The Morgan fingerprint density at radius 1 is 1.40 bits per heavy atom. The van der Waals surface area contributed by atoms with E-state index in [-0.39, 0.29) is 10.6 Å². The van der Waals surface area contributed by atoms with E-state index in [2.05, 4.69) is 37.1 Å². The van der Waals surface area contributed by atoms with Crippen LogP contribution < -0.4 is 10.2 Å². The van der Waals surface area contributed by atoms with Crippen LogP contribution in [0.5, 0.6) is 0 Å². The third kappa shape index (κ3) is 3.89. The molecule has 0 atom stereocenters. The number of anilines is 1. The fourth-order valence-electron chi connectivity index (χ4n) is 2.63. The normalized spacial score (nSPS) is 18.3. The van der Waals surface area contributed by atoms with E-state index in [1.54, 1.807) is 6.07 Å². The van der Waals surface area contributed by atoms with Crippen molar-refractivity contribution in [2.24, 2.45) is 0 Å². The largest absolute Gasteiger partial charge is 0.369 e. The van der Waals surface area contributed by atoms with Gasteiger partial charge in [0.15, 0.2) is 0 Å². The Bertz CT molecular complexity index is 448. The van der Waals surface area contributed by atoms with Crippen LogP contribution in [0.25, 0.3) is 0 Å². The highest BCUT2D eigenvalue weighted by molar-refractivity contribution is 8.00. The summed E-state index contributed by atoms with van der Waals surface area (Å²) in [6, 6.07) is 5.44. The lowest BCUT2D eigenvalue weighted by Gasteiger charge is -2.39. The van der Waals surface area contributed by atoms with Crippen LogP contribution in [0.15, 0.2) is 18.2 Å². The molecule has 1 aliphatic rings. The van der Waals surface area contributed by atoms with Crippen LogP contribution in [0.4, 0.5) is 10.1 Å². The van der Waals surface area contributed by atoms with E-state index in [0.717, 1.165) is 43.1 Å². The van der Waals surface area contributed by atoms with Crippen molar-refractivity contribution >= 4 is 17.4 Å². The molecule has 0 unspecified atom stereocenters. The number of rotatable bonds is 5. The van der Waals surface area contributed by atoms with E-state index in [4.69, 9.17) is 0 Å². The molecule has 0 aromatic heterocycles. The minimum atomic E-state index is -0.0952. The van der Waals surface area contributed by atoms with E-state index in [9.17, 15) is 4.39 Å². The van der Waals surface area contributed by atoms with Crippen LogP contribution in [0.2, 0.25) is 0 Å². The lowest BCUT2D eigenvalue weighted by atomic mass is 10.1. The first-order valence-corrected chi connectivity index (χ1v) is 8.39. The Morgan fingerprint density at radius 3 is 2.90 bits per heavy atom. The summed E-state index contributed by atoms with van der Waals surface area (Å²) in [6.07, 6.45) is 1.07. The molecule has 1 aromatic rings. The number of benzene rings is 1. The summed E-state index contributed by atoms with van der Waals surface area (Å²) in [5, 5.41) is 3.32. The average Bonchev–Trinajstić information content (AvgIpc) is 2.39. The zero-order chi connectivity index (χ0) is 14.6. The van der Waals surface area contributed by atoms with Crippen molar-refractivity contribution in [1.82, 2.24) is 5.32 Å². The smallest absolute Gasteiger partial charge is 0.129 e. The van der Waals surface area contributed by atoms with Crippen molar-refractivity contribution < 1.29 is 4.39 Å². The second-order valence-electron chi connectivity index (χ2n) is 5.94. The van der Waals surface area contributed by atoms with Gasteiger partial charge in [-0.15, -0.1) is 0 Å². The predicted molar refractivity (Wildman–Crippen MR) is 87.1 cm³/mol. The molecule has 1 aromatic carbocycles. The van der Waals surface area contributed by atoms with Gasteiger partial charge in [0.05, 0.1) is 0 Å². The number of halogens is 1. The van der Waals surface area contributed by atoms with Crippen molar-refractivity contribution in [3.8, 4) is 0 Å². The second-order valence-corrected chi connectivity index (χ2v) is 7.75. The van der Waals surface area contributed by atoms with Crippen LogP contribution in [0.1, 0.15) is 32.8 Å². The first kappa shape index (κ1) is 15.6. The predicted octanol–water partition coefficient (Wildman–Crippen LogP) is 3.66. The van der Waals surface area contributed by atoms with E-state index in [1.165, 1.54) is 0 Å². The molecule has 4 heteroatoms. The minimum absolute atomic E-state index is 0.0952. The fraction of sp³-hybridized carbons (Fsp3) is 0.625. The first-order chi connectivity index (χ1) is 9.53. The van der Waals surface area contributed by atoms with Crippen molar-refractivity contribution in [2.45, 2.75) is 38.5 Å². The molecule has 1 N–H and O–H groups in total. The molecule has 0 amide bonds. The Balaban J connectivity index is 2.19. The molecule has 112 valence electrons. The van der Waals surface area contributed by atoms with Gasteiger partial charge in [0.1, 0.15) is 5.82 Å². The molecule has 1 heterocycles. The van der Waals surface area contributed by atoms with Crippen LogP contribution in [0.3, 0.4) is 0 Å². The average molecular weight is 296 g/mol. The van der Waals surface area contributed by atoms with Gasteiger partial charge in [0, 0.05) is 41.4 Å². The summed E-state index contributed by atoms with van der Waals surface area (Å²) in [5.41, 5.74) is 1.87. The summed E-state index contributed by atoms with van der Waals surface area (Å²) in [6.45, 7) is 10.2. The molecule has 0 radical (unpaired) electrons. The summed E-state index contributed by atoms with van der Waals surface area (Å²) in [5.74, 6) is 1.01. The van der Waals surface area contributed by atoms with Gasteiger partial charge in [-0.05, 0) is 38.9 Å². The Hall–Kier alpha value is -0.740. The van der Waals surface area contributed by atoms with Gasteiger partial charge in [-0.25, -0.2) is 4.39 Å². The maximum atomic E-state index is 14.2. The Morgan fingerprint density at radius 2 is 2.20 bits per heavy atom. The SMILES string of the molecule is CCCNCc1c(F)cccc1N1CCSC(C)(C)C1. The third-order valence-corrected chi connectivity index (χ3v) is 4.89. The molecule has 1 saturated heterocycles. The zero-order valence-electron chi connectivity index (χ0n) is 12.7. The molecule has 0 saturated carbocycles. The summed E-state index contributed by atoms with van der Waals surface area (Å²) in [7, 11) is 0. The van der Waals surface area contributed by atoms with E-state index >= 15 is 0 Å². The van der Waals surface area contributed by atoms with Gasteiger partial charge in [0.2, 0.25) is 0 Å². The van der Waals surface area contributed by atoms with Crippen LogP contribution in [0, 0.1) is 5.82 Å². The minimum Gasteiger partial charge on any atom is -0.369 e. The van der Waals surface area contributed by atoms with Gasteiger partial charge in [-0.3, -0.25) is 0 Å². The highest BCUT2D eigenvalue weighted by atomic mass is 32.2. The standard InChI is InChI=1S/C16H25FN2S/c1-4-8-18-11-13-14(17)6-5-7-15(13)19-9-10-20-16(2,3)12-19/h5-7,18H,4,8-12H2,1-3H3. The highest BCUT2D eigenvalue weighted by Gasteiger charge is 2.28. The van der Waals surface area contributed by atoms with Crippen molar-refractivity contribution in [3.63, 3.8) is 0 Å². The van der Waals surface area contributed by atoms with Gasteiger partial charge in [0.25, 0.3) is 0 Å². The van der Waals surface area contributed by atoms with E-state index in [0.29, 0.717) is 6.54 Å². The van der Waals surface area contributed by atoms with Crippen LogP contribution >= 0.6 is 11.8 Å². The second kappa shape index (κ2) is 6.81. The molecule has 0 spiro atoms. The number of nitrogens with zero attached hydrogens (tertiary/aromatic N) is 1. The van der Waals surface area contributed by atoms with Gasteiger partial charge in [-0.1, -0.05) is 13.0 Å². The maximum absolute atomic E-state index is 14.2.